The van der Waals surface area contributed by atoms with Gasteiger partial charge in [0.1, 0.15) is 0 Å². The molecular weight excluding hydrogens is 254 g/mol. The number of rotatable bonds is 5. The predicted molar refractivity (Wildman–Crippen MR) is 81.9 cm³/mol. The lowest BCUT2D eigenvalue weighted by atomic mass is 9.99. The van der Waals surface area contributed by atoms with E-state index in [1.807, 2.05) is 23.1 Å². The Balaban J connectivity index is 2.26. The molecule has 3 nitrogen and oxygen atoms in total. The Morgan fingerprint density at radius 1 is 1.37 bits per heavy atom. The molecule has 0 amide bonds. The maximum atomic E-state index is 4.51. The van der Waals surface area contributed by atoms with E-state index >= 15 is 0 Å². The number of hydrogen-bond donors (Lipinski definition) is 1. The topological polar surface area (TPSA) is 29.9 Å². The molecule has 1 N–H and O–H groups in total. The second kappa shape index (κ2) is 5.88. The standard InChI is InChI=1S/C15H23N3S/c1-6-16-15(13-7-10(2)19-9-13)8-14-11(3)17-18(5)12(14)4/h7,9,15-16H,6,8H2,1-5H3. The maximum absolute atomic E-state index is 4.51. The van der Waals surface area contributed by atoms with E-state index in [-0.39, 0.29) is 0 Å². The summed E-state index contributed by atoms with van der Waals surface area (Å²) in [4.78, 5) is 1.37. The lowest BCUT2D eigenvalue weighted by Crippen LogP contribution is -2.23. The van der Waals surface area contributed by atoms with Crippen LogP contribution in [0.3, 0.4) is 0 Å². The van der Waals surface area contributed by atoms with Gasteiger partial charge in [-0.3, -0.25) is 4.68 Å². The van der Waals surface area contributed by atoms with E-state index in [0.29, 0.717) is 6.04 Å². The van der Waals surface area contributed by atoms with Crippen molar-refractivity contribution in [2.75, 3.05) is 6.54 Å². The molecule has 2 aromatic rings. The minimum atomic E-state index is 0.386. The molecule has 0 spiro atoms. The Morgan fingerprint density at radius 2 is 2.11 bits per heavy atom. The smallest absolute Gasteiger partial charge is 0.0629 e. The summed E-state index contributed by atoms with van der Waals surface area (Å²) in [5.74, 6) is 0. The average molecular weight is 277 g/mol. The fraction of sp³-hybridized carbons (Fsp3) is 0.533. The maximum Gasteiger partial charge on any atom is 0.0629 e. The molecule has 1 atom stereocenters. The summed E-state index contributed by atoms with van der Waals surface area (Å²) in [6.45, 7) is 9.56. The molecule has 0 saturated heterocycles. The first kappa shape index (κ1) is 14.3. The molecule has 2 aromatic heterocycles. The van der Waals surface area contributed by atoms with E-state index in [1.165, 1.54) is 21.7 Å². The van der Waals surface area contributed by atoms with Crippen molar-refractivity contribution in [3.63, 3.8) is 0 Å². The van der Waals surface area contributed by atoms with Crippen molar-refractivity contribution < 1.29 is 0 Å². The van der Waals surface area contributed by atoms with Crippen LogP contribution in [0.1, 0.15) is 40.4 Å². The summed E-state index contributed by atoms with van der Waals surface area (Å²) >= 11 is 1.82. The average Bonchev–Trinajstić information content (AvgIpc) is 2.88. The Kier molecular flexibility index (Phi) is 4.42. The SMILES string of the molecule is CCNC(Cc1c(C)nn(C)c1C)c1csc(C)c1. The van der Waals surface area contributed by atoms with Crippen molar-refractivity contribution in [2.45, 2.75) is 40.2 Å². The molecule has 0 radical (unpaired) electrons. The molecule has 0 saturated carbocycles. The van der Waals surface area contributed by atoms with Gasteiger partial charge in [-0.05, 0) is 56.3 Å². The molecule has 2 heterocycles. The zero-order chi connectivity index (χ0) is 14.0. The van der Waals surface area contributed by atoms with Crippen LogP contribution in [-0.2, 0) is 13.5 Å². The first-order chi connectivity index (χ1) is 9.02. The minimum Gasteiger partial charge on any atom is -0.310 e. The van der Waals surface area contributed by atoms with Gasteiger partial charge in [-0.15, -0.1) is 11.3 Å². The molecule has 19 heavy (non-hydrogen) atoms. The molecule has 0 aromatic carbocycles. The third-order valence-electron chi connectivity index (χ3n) is 3.67. The zero-order valence-corrected chi connectivity index (χ0v) is 13.3. The van der Waals surface area contributed by atoms with Gasteiger partial charge in [-0.2, -0.15) is 5.10 Å². The van der Waals surface area contributed by atoms with Gasteiger partial charge in [-0.25, -0.2) is 0 Å². The largest absolute Gasteiger partial charge is 0.310 e. The highest BCUT2D eigenvalue weighted by atomic mass is 32.1. The zero-order valence-electron chi connectivity index (χ0n) is 12.4. The van der Waals surface area contributed by atoms with Crippen LogP contribution in [0.2, 0.25) is 0 Å². The molecule has 0 aliphatic rings. The molecule has 0 fully saturated rings. The predicted octanol–water partition coefficient (Wildman–Crippen LogP) is 3.30. The van der Waals surface area contributed by atoms with E-state index in [4.69, 9.17) is 0 Å². The number of thiophene rings is 1. The highest BCUT2D eigenvalue weighted by Gasteiger charge is 2.17. The molecule has 0 aliphatic carbocycles. The van der Waals surface area contributed by atoms with Gasteiger partial charge in [0.15, 0.2) is 0 Å². The van der Waals surface area contributed by atoms with Crippen LogP contribution in [0, 0.1) is 20.8 Å². The first-order valence-electron chi connectivity index (χ1n) is 6.80. The van der Waals surface area contributed by atoms with Crippen molar-refractivity contribution >= 4 is 11.3 Å². The summed E-state index contributed by atoms with van der Waals surface area (Å²) in [5, 5.41) is 10.4. The van der Waals surface area contributed by atoms with Crippen LogP contribution >= 0.6 is 11.3 Å². The molecule has 4 heteroatoms. The van der Waals surface area contributed by atoms with Crippen LogP contribution < -0.4 is 5.32 Å². The number of aromatic nitrogens is 2. The lowest BCUT2D eigenvalue weighted by molar-refractivity contribution is 0.548. The summed E-state index contributed by atoms with van der Waals surface area (Å²) in [7, 11) is 2.02. The van der Waals surface area contributed by atoms with Gasteiger partial charge < -0.3 is 5.32 Å². The van der Waals surface area contributed by atoms with Gasteiger partial charge in [0.2, 0.25) is 0 Å². The van der Waals surface area contributed by atoms with Crippen LogP contribution in [-0.4, -0.2) is 16.3 Å². The van der Waals surface area contributed by atoms with Crippen molar-refractivity contribution in [1.82, 2.24) is 15.1 Å². The van der Waals surface area contributed by atoms with Gasteiger partial charge in [0.05, 0.1) is 5.69 Å². The Hall–Kier alpha value is -1.13. The van der Waals surface area contributed by atoms with Crippen LogP contribution in [0.15, 0.2) is 11.4 Å². The van der Waals surface area contributed by atoms with Crippen molar-refractivity contribution in [1.29, 1.82) is 0 Å². The summed E-state index contributed by atoms with van der Waals surface area (Å²) < 4.78 is 1.98. The van der Waals surface area contributed by atoms with Gasteiger partial charge in [-0.1, -0.05) is 6.92 Å². The highest BCUT2D eigenvalue weighted by Crippen LogP contribution is 2.26. The van der Waals surface area contributed by atoms with Gasteiger partial charge in [0, 0.05) is 23.7 Å². The Morgan fingerprint density at radius 3 is 2.58 bits per heavy atom. The highest BCUT2D eigenvalue weighted by molar-refractivity contribution is 7.10. The third-order valence-corrected chi connectivity index (χ3v) is 4.55. The number of hydrogen-bond acceptors (Lipinski definition) is 3. The normalized spacial score (nSPS) is 12.9. The molecule has 0 aliphatic heterocycles. The van der Waals surface area contributed by atoms with Crippen molar-refractivity contribution in [3.8, 4) is 0 Å². The van der Waals surface area contributed by atoms with E-state index in [9.17, 15) is 0 Å². The van der Waals surface area contributed by atoms with Gasteiger partial charge >= 0.3 is 0 Å². The second-order valence-corrected chi connectivity index (χ2v) is 6.19. The number of likely N-dealkylation sites (N-methyl/N-ethyl adjacent to an activating group) is 1. The van der Waals surface area contributed by atoms with Crippen molar-refractivity contribution in [3.05, 3.63) is 38.8 Å². The fourth-order valence-electron chi connectivity index (χ4n) is 2.52. The van der Waals surface area contributed by atoms with Crippen LogP contribution in [0.5, 0.6) is 0 Å². The summed E-state index contributed by atoms with van der Waals surface area (Å²) in [6.07, 6.45) is 1.01. The first-order valence-corrected chi connectivity index (χ1v) is 7.68. The van der Waals surface area contributed by atoms with Gasteiger partial charge in [0.25, 0.3) is 0 Å². The monoisotopic (exact) mass is 277 g/mol. The number of aryl methyl sites for hydroxylation is 3. The fourth-order valence-corrected chi connectivity index (χ4v) is 3.28. The molecule has 104 valence electrons. The molecule has 0 bridgehead atoms. The van der Waals surface area contributed by atoms with E-state index < -0.39 is 0 Å². The summed E-state index contributed by atoms with van der Waals surface area (Å²) in [5.41, 5.74) is 5.19. The Bertz CT molecular complexity index is 554. The molecule has 1 unspecified atom stereocenters. The molecule has 2 rings (SSSR count). The summed E-state index contributed by atoms with van der Waals surface area (Å²) in [6, 6.07) is 2.68. The van der Waals surface area contributed by atoms with Crippen LogP contribution in [0.4, 0.5) is 0 Å². The van der Waals surface area contributed by atoms with Crippen LogP contribution in [0.25, 0.3) is 0 Å². The minimum absolute atomic E-state index is 0.386. The third kappa shape index (κ3) is 3.07. The lowest BCUT2D eigenvalue weighted by Gasteiger charge is -2.17. The van der Waals surface area contributed by atoms with E-state index in [1.54, 1.807) is 0 Å². The van der Waals surface area contributed by atoms with E-state index in [0.717, 1.165) is 18.7 Å². The number of nitrogens with one attached hydrogen (secondary N) is 1. The Labute approximate surface area is 119 Å². The second-order valence-electron chi connectivity index (χ2n) is 5.08. The van der Waals surface area contributed by atoms with E-state index in [2.05, 4.69) is 49.6 Å². The molecular formula is C15H23N3S. The number of nitrogens with zero attached hydrogens (tertiary/aromatic N) is 2. The quantitative estimate of drug-likeness (QED) is 0.909. The van der Waals surface area contributed by atoms with Crippen molar-refractivity contribution in [2.24, 2.45) is 7.05 Å².